The molecule has 0 saturated heterocycles. The maximum atomic E-state index is 5.43. The lowest BCUT2D eigenvalue weighted by Crippen LogP contribution is -2.37. The van der Waals surface area contributed by atoms with Gasteiger partial charge >= 0.3 is 0 Å². The van der Waals surface area contributed by atoms with E-state index in [1.807, 2.05) is 6.20 Å². The quantitative estimate of drug-likeness (QED) is 0.606. The Morgan fingerprint density at radius 1 is 1.27 bits per heavy atom. The van der Waals surface area contributed by atoms with Crippen LogP contribution in [-0.2, 0) is 4.74 Å². The minimum absolute atomic E-state index is 0.245. The third-order valence-electron chi connectivity index (χ3n) is 1.91. The average molecular weight is 155 g/mol. The van der Waals surface area contributed by atoms with Gasteiger partial charge in [0.05, 0.1) is 0 Å². The fourth-order valence-corrected chi connectivity index (χ4v) is 1.31. The Balaban J connectivity index is 2.56. The molecule has 1 atom stereocenters. The number of rotatable bonds is 2. The summed E-state index contributed by atoms with van der Waals surface area (Å²) < 4.78 is 5.43. The minimum Gasteiger partial charge on any atom is -0.476 e. The van der Waals surface area contributed by atoms with Crippen molar-refractivity contribution in [2.24, 2.45) is 5.92 Å². The van der Waals surface area contributed by atoms with Crippen molar-refractivity contribution < 1.29 is 4.74 Å². The number of hydrogen-bond donors (Lipinski definition) is 0. The van der Waals surface area contributed by atoms with E-state index in [9.17, 15) is 0 Å². The summed E-state index contributed by atoms with van der Waals surface area (Å²) in [5.74, 6) is 0.549. The Morgan fingerprint density at radius 2 is 1.91 bits per heavy atom. The lowest BCUT2D eigenvalue weighted by atomic mass is 10.1. The van der Waals surface area contributed by atoms with Gasteiger partial charge in [-0.05, 0) is 13.8 Å². The molecule has 64 valence electrons. The lowest BCUT2D eigenvalue weighted by Gasteiger charge is -2.30. The summed E-state index contributed by atoms with van der Waals surface area (Å²) >= 11 is 0. The molecule has 0 saturated carbocycles. The first kappa shape index (κ1) is 8.44. The molecule has 2 heteroatoms. The summed E-state index contributed by atoms with van der Waals surface area (Å²) in [6.07, 6.45) is 4.05. The summed E-state index contributed by atoms with van der Waals surface area (Å²) in [6.45, 7) is 8.70. The fourth-order valence-electron chi connectivity index (χ4n) is 1.31. The third-order valence-corrected chi connectivity index (χ3v) is 1.91. The molecule has 0 radical (unpaired) electrons. The fraction of sp³-hybridized carbons (Fsp3) is 0.778. The van der Waals surface area contributed by atoms with Gasteiger partial charge in [0.1, 0.15) is 6.26 Å². The molecule has 0 aromatic carbocycles. The number of hydrogen-bond acceptors (Lipinski definition) is 2. The molecule has 0 aromatic heterocycles. The van der Waals surface area contributed by atoms with Crippen molar-refractivity contribution in [1.29, 1.82) is 0 Å². The first-order valence-electron chi connectivity index (χ1n) is 4.22. The average Bonchev–Trinajstić information content (AvgIpc) is 2.32. The van der Waals surface area contributed by atoms with Gasteiger partial charge < -0.3 is 9.64 Å². The van der Waals surface area contributed by atoms with Crippen LogP contribution in [0.5, 0.6) is 0 Å². The van der Waals surface area contributed by atoms with Gasteiger partial charge in [-0.3, -0.25) is 0 Å². The molecule has 0 bridgehead atoms. The van der Waals surface area contributed by atoms with Crippen molar-refractivity contribution in [2.45, 2.75) is 40.0 Å². The van der Waals surface area contributed by atoms with E-state index in [1.165, 1.54) is 0 Å². The smallest absolute Gasteiger partial charge is 0.173 e. The summed E-state index contributed by atoms with van der Waals surface area (Å²) in [4.78, 5) is 2.24. The summed E-state index contributed by atoms with van der Waals surface area (Å²) in [7, 11) is 0. The van der Waals surface area contributed by atoms with Crippen LogP contribution in [0.25, 0.3) is 0 Å². The van der Waals surface area contributed by atoms with E-state index in [2.05, 4.69) is 32.6 Å². The van der Waals surface area contributed by atoms with Crippen LogP contribution < -0.4 is 0 Å². The van der Waals surface area contributed by atoms with Gasteiger partial charge in [-0.1, -0.05) is 13.8 Å². The molecular formula is C9H17NO. The largest absolute Gasteiger partial charge is 0.476 e. The topological polar surface area (TPSA) is 12.5 Å². The Morgan fingerprint density at radius 3 is 2.27 bits per heavy atom. The van der Waals surface area contributed by atoms with Gasteiger partial charge in [-0.15, -0.1) is 0 Å². The summed E-state index contributed by atoms with van der Waals surface area (Å²) in [6, 6.07) is 0.529. The predicted molar refractivity (Wildman–Crippen MR) is 45.8 cm³/mol. The highest BCUT2D eigenvalue weighted by atomic mass is 16.5. The highest BCUT2D eigenvalue weighted by Crippen LogP contribution is 2.20. The maximum absolute atomic E-state index is 5.43. The van der Waals surface area contributed by atoms with Crippen LogP contribution >= 0.6 is 0 Å². The summed E-state index contributed by atoms with van der Waals surface area (Å²) in [5, 5.41) is 0. The van der Waals surface area contributed by atoms with Gasteiger partial charge in [0.25, 0.3) is 0 Å². The zero-order valence-corrected chi connectivity index (χ0v) is 7.74. The van der Waals surface area contributed by atoms with Crippen LogP contribution in [0.3, 0.4) is 0 Å². The second-order valence-electron chi connectivity index (χ2n) is 3.60. The Hall–Kier alpha value is -0.660. The molecule has 0 fully saturated rings. The molecular weight excluding hydrogens is 138 g/mol. The Labute approximate surface area is 68.8 Å². The molecule has 11 heavy (non-hydrogen) atoms. The number of ether oxygens (including phenoxy) is 1. The van der Waals surface area contributed by atoms with Crippen molar-refractivity contribution in [2.75, 3.05) is 0 Å². The van der Waals surface area contributed by atoms with E-state index in [1.54, 1.807) is 6.26 Å². The normalized spacial score (nSPS) is 23.5. The predicted octanol–water partition coefficient (Wildman–Crippen LogP) is 2.18. The van der Waals surface area contributed by atoms with Crippen LogP contribution in [0.4, 0.5) is 0 Å². The van der Waals surface area contributed by atoms with Gasteiger partial charge in [-0.25, -0.2) is 0 Å². The van der Waals surface area contributed by atoms with Crippen molar-refractivity contribution in [3.8, 4) is 0 Å². The highest BCUT2D eigenvalue weighted by molar-refractivity contribution is 4.89. The molecule has 0 aliphatic carbocycles. The third kappa shape index (κ3) is 1.67. The van der Waals surface area contributed by atoms with Crippen LogP contribution in [-0.4, -0.2) is 17.2 Å². The van der Waals surface area contributed by atoms with Gasteiger partial charge in [-0.2, -0.15) is 0 Å². The zero-order chi connectivity index (χ0) is 8.43. The van der Waals surface area contributed by atoms with E-state index in [-0.39, 0.29) is 6.23 Å². The first-order chi connectivity index (χ1) is 5.13. The molecule has 0 N–H and O–H groups in total. The van der Waals surface area contributed by atoms with E-state index in [0.29, 0.717) is 12.0 Å². The van der Waals surface area contributed by atoms with Crippen molar-refractivity contribution in [1.82, 2.24) is 4.90 Å². The molecule has 0 amide bonds. The van der Waals surface area contributed by atoms with E-state index < -0.39 is 0 Å². The maximum Gasteiger partial charge on any atom is 0.173 e. The van der Waals surface area contributed by atoms with Gasteiger partial charge in [0.15, 0.2) is 6.23 Å². The standard InChI is InChI=1S/C9H17NO/c1-7(2)9-10(8(3)4)5-6-11-9/h5-9H,1-4H3. The molecule has 1 unspecified atom stereocenters. The van der Waals surface area contributed by atoms with E-state index in [0.717, 1.165) is 0 Å². The second-order valence-corrected chi connectivity index (χ2v) is 3.60. The van der Waals surface area contributed by atoms with Crippen molar-refractivity contribution in [3.05, 3.63) is 12.5 Å². The van der Waals surface area contributed by atoms with Gasteiger partial charge in [0.2, 0.25) is 0 Å². The first-order valence-corrected chi connectivity index (χ1v) is 4.22. The Kier molecular flexibility index (Phi) is 2.42. The molecule has 1 aliphatic rings. The SMILES string of the molecule is CC(C)C1OC=CN1C(C)C. The van der Waals surface area contributed by atoms with Crippen LogP contribution in [0, 0.1) is 5.92 Å². The molecule has 2 nitrogen and oxygen atoms in total. The van der Waals surface area contributed by atoms with Crippen LogP contribution in [0.15, 0.2) is 12.5 Å². The molecule has 1 aliphatic heterocycles. The molecule has 0 spiro atoms. The Bertz CT molecular complexity index is 152. The second kappa shape index (κ2) is 3.16. The van der Waals surface area contributed by atoms with E-state index >= 15 is 0 Å². The molecule has 1 rings (SSSR count). The highest BCUT2D eigenvalue weighted by Gasteiger charge is 2.25. The molecule has 1 heterocycles. The van der Waals surface area contributed by atoms with E-state index in [4.69, 9.17) is 4.74 Å². The lowest BCUT2D eigenvalue weighted by molar-refractivity contribution is 0.00420. The summed E-state index contributed by atoms with van der Waals surface area (Å²) in [5.41, 5.74) is 0. The monoisotopic (exact) mass is 155 g/mol. The zero-order valence-electron chi connectivity index (χ0n) is 7.74. The number of nitrogens with zero attached hydrogens (tertiary/aromatic N) is 1. The van der Waals surface area contributed by atoms with Gasteiger partial charge in [0, 0.05) is 18.2 Å². The van der Waals surface area contributed by atoms with Crippen molar-refractivity contribution in [3.63, 3.8) is 0 Å². The molecule has 0 aromatic rings. The minimum atomic E-state index is 0.245. The van der Waals surface area contributed by atoms with Crippen LogP contribution in [0.2, 0.25) is 0 Å². The van der Waals surface area contributed by atoms with Crippen LogP contribution in [0.1, 0.15) is 27.7 Å². The van der Waals surface area contributed by atoms with Crippen molar-refractivity contribution >= 4 is 0 Å².